The van der Waals surface area contributed by atoms with E-state index in [1.165, 1.54) is 6.07 Å². The van der Waals surface area contributed by atoms with Crippen molar-refractivity contribution in [3.05, 3.63) is 48.0 Å². The number of anilines is 2. The van der Waals surface area contributed by atoms with Crippen LogP contribution in [0.3, 0.4) is 0 Å². The molecule has 2 aromatic carbocycles. The molecular formula is C17H18N2O4S. The first-order valence-corrected chi connectivity index (χ1v) is 8.87. The second kappa shape index (κ2) is 7.35. The Morgan fingerprint density at radius 3 is 2.42 bits per heavy atom. The number of benzene rings is 2. The smallest absolute Gasteiger partial charge is 0.222 e. The third-order valence-corrected chi connectivity index (χ3v) is 4.27. The van der Waals surface area contributed by atoms with Gasteiger partial charge in [0, 0.05) is 18.7 Å². The van der Waals surface area contributed by atoms with Crippen LogP contribution in [-0.4, -0.2) is 27.8 Å². The van der Waals surface area contributed by atoms with Crippen molar-refractivity contribution >= 4 is 28.6 Å². The number of hydrogen-bond donors (Lipinski definition) is 2. The maximum absolute atomic E-state index is 11.2. The monoisotopic (exact) mass is 346 g/mol. The molecular weight excluding hydrogens is 328 g/mol. The summed E-state index contributed by atoms with van der Waals surface area (Å²) in [4.78, 5) is 13.3. The average molecular weight is 346 g/mol. The van der Waals surface area contributed by atoms with Gasteiger partial charge in [0.25, 0.3) is 0 Å². The predicted octanol–water partition coefficient (Wildman–Crippen LogP) is 2.83. The van der Waals surface area contributed by atoms with E-state index in [0.717, 1.165) is 31.6 Å². The van der Waals surface area contributed by atoms with Gasteiger partial charge in [0.1, 0.15) is 12.0 Å². The van der Waals surface area contributed by atoms with E-state index in [-0.39, 0.29) is 5.69 Å². The molecule has 1 fully saturated rings. The van der Waals surface area contributed by atoms with Gasteiger partial charge in [-0.15, -0.1) is 0 Å². The lowest BCUT2D eigenvalue weighted by Gasteiger charge is -2.23. The molecule has 0 bridgehead atoms. The van der Waals surface area contributed by atoms with Crippen LogP contribution in [0.1, 0.15) is 23.2 Å². The predicted molar refractivity (Wildman–Crippen MR) is 93.7 cm³/mol. The Morgan fingerprint density at radius 1 is 1.08 bits per heavy atom. The van der Waals surface area contributed by atoms with Crippen LogP contribution in [0.15, 0.2) is 42.5 Å². The molecule has 6 nitrogen and oxygen atoms in total. The number of thiol groups is 1. The number of nitrogens with one attached hydrogen (secondary N) is 1. The Hall–Kier alpha value is -2.54. The fraction of sp³-hybridized carbons (Fsp3) is 0.235. The molecule has 0 unspecified atom stereocenters. The maximum atomic E-state index is 11.2. The summed E-state index contributed by atoms with van der Waals surface area (Å²) in [5.74, 6) is 1.01. The summed E-state index contributed by atoms with van der Waals surface area (Å²) in [6, 6.07) is 12.4. The van der Waals surface area contributed by atoms with Crippen LogP contribution in [0, 0.1) is 0 Å². The second-order valence-electron chi connectivity index (χ2n) is 5.51. The first-order valence-electron chi connectivity index (χ1n) is 7.69. The minimum Gasteiger partial charge on any atom is -0.453 e. The summed E-state index contributed by atoms with van der Waals surface area (Å²) < 4.78 is 30.7. The van der Waals surface area contributed by atoms with E-state index < -0.39 is 10.9 Å². The highest BCUT2D eigenvalue weighted by atomic mass is 32.2. The Kier molecular flexibility index (Phi) is 5.00. The number of ether oxygens (including phenoxy) is 1. The molecule has 0 amide bonds. The van der Waals surface area contributed by atoms with Crippen LogP contribution >= 0.6 is 0 Å². The number of para-hydroxylation sites is 1. The molecule has 0 atom stereocenters. The summed E-state index contributed by atoms with van der Waals surface area (Å²) in [5, 5.41) is 0. The Morgan fingerprint density at radius 2 is 1.79 bits per heavy atom. The van der Waals surface area contributed by atoms with Crippen LogP contribution in [-0.2, 0) is 10.9 Å². The van der Waals surface area contributed by atoms with Crippen molar-refractivity contribution in [3.63, 3.8) is 0 Å². The summed E-state index contributed by atoms with van der Waals surface area (Å²) in [6.07, 6.45) is 2.80. The zero-order valence-electron chi connectivity index (χ0n) is 13.0. The van der Waals surface area contributed by atoms with E-state index in [2.05, 4.69) is 9.62 Å². The molecule has 3 rings (SSSR count). The highest BCUT2D eigenvalue weighted by Gasteiger charge is 2.21. The Labute approximate surface area is 142 Å². The molecule has 0 aliphatic carbocycles. The number of rotatable bonds is 6. The molecule has 0 radical (unpaired) electrons. The molecule has 0 aromatic heterocycles. The van der Waals surface area contributed by atoms with E-state index in [9.17, 15) is 13.2 Å². The van der Waals surface area contributed by atoms with Gasteiger partial charge in [0.05, 0.1) is 11.4 Å². The van der Waals surface area contributed by atoms with Crippen LogP contribution in [0.2, 0.25) is 0 Å². The number of nitrogens with zero attached hydrogens (tertiary/aromatic N) is 1. The molecule has 1 aliphatic heterocycles. The molecule has 1 aliphatic rings. The van der Waals surface area contributed by atoms with Crippen molar-refractivity contribution < 1.29 is 17.9 Å². The normalized spacial score (nSPS) is 14.0. The van der Waals surface area contributed by atoms with E-state index in [1.54, 1.807) is 18.2 Å². The van der Waals surface area contributed by atoms with Crippen LogP contribution in [0.25, 0.3) is 0 Å². The van der Waals surface area contributed by atoms with E-state index >= 15 is 0 Å². The minimum atomic E-state index is -2.87. The van der Waals surface area contributed by atoms with Crippen molar-refractivity contribution in [2.24, 2.45) is 0 Å². The molecule has 24 heavy (non-hydrogen) atoms. The topological polar surface area (TPSA) is 75.7 Å². The summed E-state index contributed by atoms with van der Waals surface area (Å²) in [7, 11) is -2.87. The van der Waals surface area contributed by atoms with Crippen molar-refractivity contribution in [2.45, 2.75) is 12.8 Å². The first-order chi connectivity index (χ1) is 11.7. The third kappa shape index (κ3) is 3.68. The number of carbonyl (C=O) groups is 1. The molecule has 1 saturated heterocycles. The lowest BCUT2D eigenvalue weighted by molar-refractivity contribution is 0.112. The van der Waals surface area contributed by atoms with Crippen LogP contribution in [0.4, 0.5) is 11.4 Å². The lowest BCUT2D eigenvalue weighted by Crippen LogP contribution is -2.19. The molecule has 1 N–H and O–H groups in total. The molecule has 7 heteroatoms. The van der Waals surface area contributed by atoms with Crippen molar-refractivity contribution in [3.8, 4) is 11.5 Å². The van der Waals surface area contributed by atoms with Crippen molar-refractivity contribution in [1.29, 1.82) is 0 Å². The SMILES string of the molecule is O=Cc1cc(N[SH](=O)=O)c(Oc2ccccc2)c(N2CCCC2)c1. The lowest BCUT2D eigenvalue weighted by atomic mass is 10.1. The highest BCUT2D eigenvalue weighted by Crippen LogP contribution is 2.41. The average Bonchev–Trinajstić information content (AvgIpc) is 3.11. The largest absolute Gasteiger partial charge is 0.453 e. The zero-order valence-corrected chi connectivity index (χ0v) is 13.9. The fourth-order valence-electron chi connectivity index (χ4n) is 2.79. The van der Waals surface area contributed by atoms with Crippen LogP contribution < -0.4 is 14.4 Å². The van der Waals surface area contributed by atoms with E-state index in [0.29, 0.717) is 23.3 Å². The molecule has 1 heterocycles. The van der Waals surface area contributed by atoms with Crippen molar-refractivity contribution in [1.82, 2.24) is 0 Å². The fourth-order valence-corrected chi connectivity index (χ4v) is 3.15. The maximum Gasteiger partial charge on any atom is 0.222 e. The quantitative estimate of drug-likeness (QED) is 0.621. The van der Waals surface area contributed by atoms with Gasteiger partial charge in [-0.05, 0) is 37.1 Å². The van der Waals surface area contributed by atoms with Gasteiger partial charge in [-0.1, -0.05) is 18.2 Å². The van der Waals surface area contributed by atoms with E-state index in [1.807, 2.05) is 18.2 Å². The standard InChI is InChI=1S/C17H18N2O4S/c20-12-13-10-15(18-24(21)22)17(23-14-6-2-1-3-7-14)16(11-13)19-8-4-5-9-19/h1-3,6-7,10-12,24H,4-5,8-9H2,(H,18,21,22). The number of aldehydes is 1. The number of hydrogen-bond acceptors (Lipinski definition) is 5. The van der Waals surface area contributed by atoms with Gasteiger partial charge in [0.15, 0.2) is 5.75 Å². The Balaban J connectivity index is 2.11. The van der Waals surface area contributed by atoms with Crippen LogP contribution in [0.5, 0.6) is 11.5 Å². The third-order valence-electron chi connectivity index (χ3n) is 3.85. The molecule has 0 saturated carbocycles. The van der Waals surface area contributed by atoms with Gasteiger partial charge in [0.2, 0.25) is 10.9 Å². The highest BCUT2D eigenvalue weighted by molar-refractivity contribution is 7.73. The summed E-state index contributed by atoms with van der Waals surface area (Å²) in [5.41, 5.74) is 1.39. The van der Waals surface area contributed by atoms with Gasteiger partial charge in [-0.3, -0.25) is 9.52 Å². The molecule has 0 spiro atoms. The number of carbonyl (C=O) groups excluding carboxylic acids is 1. The van der Waals surface area contributed by atoms with Gasteiger partial charge in [-0.25, -0.2) is 8.42 Å². The minimum absolute atomic E-state index is 0.265. The van der Waals surface area contributed by atoms with Gasteiger partial charge in [-0.2, -0.15) is 0 Å². The summed E-state index contributed by atoms with van der Waals surface area (Å²) in [6.45, 7) is 1.69. The van der Waals surface area contributed by atoms with Gasteiger partial charge < -0.3 is 9.64 Å². The molecule has 126 valence electrons. The Bertz CT molecular complexity index is 792. The molecule has 2 aromatic rings. The first kappa shape index (κ1) is 16.3. The van der Waals surface area contributed by atoms with Crippen molar-refractivity contribution in [2.75, 3.05) is 22.7 Å². The van der Waals surface area contributed by atoms with Gasteiger partial charge >= 0.3 is 0 Å². The van der Waals surface area contributed by atoms with E-state index in [4.69, 9.17) is 4.74 Å². The second-order valence-corrected chi connectivity index (χ2v) is 6.25. The zero-order chi connectivity index (χ0) is 16.9. The summed E-state index contributed by atoms with van der Waals surface area (Å²) >= 11 is 0.